The molecule has 182 valence electrons. The molecule has 1 atom stereocenters. The minimum atomic E-state index is -4.74. The van der Waals surface area contributed by atoms with Crippen molar-refractivity contribution in [3.63, 3.8) is 0 Å². The van der Waals surface area contributed by atoms with Crippen LogP contribution in [0.1, 0.15) is 51.1 Å². The summed E-state index contributed by atoms with van der Waals surface area (Å²) in [7, 11) is 1.35. The van der Waals surface area contributed by atoms with Gasteiger partial charge in [-0.1, -0.05) is 26.3 Å². The molecule has 0 amide bonds. The van der Waals surface area contributed by atoms with Crippen LogP contribution < -0.4 is 10.1 Å². The second kappa shape index (κ2) is 9.19. The molecule has 6 nitrogen and oxygen atoms in total. The largest absolute Gasteiger partial charge is 0.573 e. The Bertz CT molecular complexity index is 1170. The van der Waals surface area contributed by atoms with Crippen LogP contribution in [-0.4, -0.2) is 29.0 Å². The van der Waals surface area contributed by atoms with Crippen molar-refractivity contribution in [3.8, 4) is 5.75 Å². The van der Waals surface area contributed by atoms with Crippen molar-refractivity contribution in [2.24, 2.45) is 5.41 Å². The number of nitrogens with zero attached hydrogens (tertiary/aromatic N) is 2. The van der Waals surface area contributed by atoms with Gasteiger partial charge in [0.05, 0.1) is 24.6 Å². The summed E-state index contributed by atoms with van der Waals surface area (Å²) in [6.07, 6.45) is -0.345. The van der Waals surface area contributed by atoms with Crippen LogP contribution in [-0.2, 0) is 16.0 Å². The number of benzene rings is 2. The molecule has 1 heterocycles. The van der Waals surface area contributed by atoms with E-state index in [1.807, 2.05) is 18.2 Å². The quantitative estimate of drug-likeness (QED) is 0.411. The number of hydrogen-bond acceptors (Lipinski definition) is 5. The number of carbonyl (C=O) groups excluding carboxylic acids is 1. The number of esters is 1. The van der Waals surface area contributed by atoms with Crippen molar-refractivity contribution < 1.29 is 27.4 Å². The first kappa shape index (κ1) is 23.9. The second-order valence-corrected chi connectivity index (χ2v) is 9.49. The first-order valence-electron chi connectivity index (χ1n) is 11.2. The predicted molar refractivity (Wildman–Crippen MR) is 123 cm³/mol. The maximum Gasteiger partial charge on any atom is 0.573 e. The lowest BCUT2D eigenvalue weighted by Gasteiger charge is -2.36. The van der Waals surface area contributed by atoms with Gasteiger partial charge in [0, 0.05) is 11.7 Å². The van der Waals surface area contributed by atoms with Crippen molar-refractivity contribution in [2.45, 2.75) is 58.4 Å². The summed E-state index contributed by atoms with van der Waals surface area (Å²) >= 11 is 0. The number of carbonyl (C=O) groups is 1. The maximum atomic E-state index is 12.5. The van der Waals surface area contributed by atoms with E-state index in [1.54, 1.807) is 0 Å². The van der Waals surface area contributed by atoms with E-state index >= 15 is 0 Å². The van der Waals surface area contributed by atoms with Gasteiger partial charge in [0.1, 0.15) is 5.75 Å². The SMILES string of the molecule is COC(=O)Cc1ccc2c(c1)nc(Nc1ccc(OC(F)(F)F)cc1)n2C1CCCC(C)(C)C1. The second-order valence-electron chi connectivity index (χ2n) is 9.49. The maximum absolute atomic E-state index is 12.5. The van der Waals surface area contributed by atoms with Crippen LogP contribution in [0.4, 0.5) is 24.8 Å². The van der Waals surface area contributed by atoms with E-state index in [1.165, 1.54) is 31.4 Å². The van der Waals surface area contributed by atoms with Crippen LogP contribution in [0.15, 0.2) is 42.5 Å². The van der Waals surface area contributed by atoms with E-state index in [9.17, 15) is 18.0 Å². The van der Waals surface area contributed by atoms with Crippen molar-refractivity contribution >= 4 is 28.6 Å². The summed E-state index contributed by atoms with van der Waals surface area (Å²) in [4.78, 5) is 16.5. The zero-order valence-electron chi connectivity index (χ0n) is 19.4. The Morgan fingerprint density at radius 3 is 2.59 bits per heavy atom. The Kier molecular flexibility index (Phi) is 6.47. The topological polar surface area (TPSA) is 65.4 Å². The van der Waals surface area contributed by atoms with Crippen LogP contribution in [0.25, 0.3) is 11.0 Å². The van der Waals surface area contributed by atoms with Gasteiger partial charge < -0.3 is 19.4 Å². The van der Waals surface area contributed by atoms with Gasteiger partial charge in [0.2, 0.25) is 5.95 Å². The van der Waals surface area contributed by atoms with Crippen LogP contribution >= 0.6 is 0 Å². The highest BCUT2D eigenvalue weighted by molar-refractivity contribution is 5.82. The lowest BCUT2D eigenvalue weighted by Crippen LogP contribution is -2.25. The summed E-state index contributed by atoms with van der Waals surface area (Å²) in [5.74, 6) is -0.00207. The molecule has 1 aromatic heterocycles. The number of halogens is 3. The molecule has 1 aliphatic carbocycles. The molecule has 0 aliphatic heterocycles. The van der Waals surface area contributed by atoms with E-state index in [0.29, 0.717) is 11.6 Å². The Labute approximate surface area is 196 Å². The highest BCUT2D eigenvalue weighted by Gasteiger charge is 2.32. The highest BCUT2D eigenvalue weighted by atomic mass is 19.4. The third-order valence-electron chi connectivity index (χ3n) is 6.22. The molecule has 0 spiro atoms. The molecular weight excluding hydrogens is 447 g/mol. The average molecular weight is 476 g/mol. The van der Waals surface area contributed by atoms with Gasteiger partial charge >= 0.3 is 12.3 Å². The molecule has 4 rings (SSSR count). The van der Waals surface area contributed by atoms with Crippen molar-refractivity contribution in [1.82, 2.24) is 9.55 Å². The predicted octanol–water partition coefficient (Wildman–Crippen LogP) is 6.54. The average Bonchev–Trinajstić information content (AvgIpc) is 3.10. The summed E-state index contributed by atoms with van der Waals surface area (Å²) in [6, 6.07) is 11.5. The van der Waals surface area contributed by atoms with Gasteiger partial charge in [0.25, 0.3) is 0 Å². The van der Waals surface area contributed by atoms with Crippen molar-refractivity contribution in [2.75, 3.05) is 12.4 Å². The minimum Gasteiger partial charge on any atom is -0.469 e. The third-order valence-corrected chi connectivity index (χ3v) is 6.22. The number of hydrogen-bond donors (Lipinski definition) is 1. The highest BCUT2D eigenvalue weighted by Crippen LogP contribution is 2.43. The Balaban J connectivity index is 1.69. The van der Waals surface area contributed by atoms with E-state index in [2.05, 4.69) is 28.5 Å². The Hall–Kier alpha value is -3.23. The van der Waals surface area contributed by atoms with Crippen LogP contribution in [0.3, 0.4) is 0 Å². The van der Waals surface area contributed by atoms with Crippen molar-refractivity contribution in [3.05, 3.63) is 48.0 Å². The number of aromatic nitrogens is 2. The molecule has 3 aromatic rings. The first-order chi connectivity index (χ1) is 16.0. The molecule has 1 saturated carbocycles. The van der Waals surface area contributed by atoms with Crippen LogP contribution in [0.5, 0.6) is 5.75 Å². The number of nitrogens with one attached hydrogen (secondary N) is 1. The summed E-state index contributed by atoms with van der Waals surface area (Å²) in [5, 5.41) is 3.27. The van der Waals surface area contributed by atoms with Gasteiger partial charge in [-0.25, -0.2) is 4.98 Å². The number of rotatable bonds is 6. The fourth-order valence-corrected chi connectivity index (χ4v) is 4.70. The van der Waals surface area contributed by atoms with Gasteiger partial charge in [-0.05, 0) is 66.6 Å². The van der Waals surface area contributed by atoms with Crippen LogP contribution in [0.2, 0.25) is 0 Å². The molecule has 0 bridgehead atoms. The molecule has 1 fully saturated rings. The number of imidazole rings is 1. The summed E-state index contributed by atoms with van der Waals surface area (Å²) in [6.45, 7) is 4.53. The van der Waals surface area contributed by atoms with E-state index in [-0.39, 0.29) is 29.6 Å². The molecule has 9 heteroatoms. The van der Waals surface area contributed by atoms with E-state index in [0.717, 1.165) is 42.3 Å². The Morgan fingerprint density at radius 2 is 1.94 bits per heavy atom. The molecule has 2 aromatic carbocycles. The molecule has 0 saturated heterocycles. The lowest BCUT2D eigenvalue weighted by molar-refractivity contribution is -0.274. The molecule has 1 unspecified atom stereocenters. The van der Waals surface area contributed by atoms with Gasteiger partial charge in [0.15, 0.2) is 0 Å². The minimum absolute atomic E-state index is 0.152. The smallest absolute Gasteiger partial charge is 0.469 e. The van der Waals surface area contributed by atoms with Crippen LogP contribution in [0, 0.1) is 5.41 Å². The number of fused-ring (bicyclic) bond motifs is 1. The molecular formula is C25H28F3N3O3. The number of methoxy groups -OCH3 is 1. The zero-order valence-corrected chi connectivity index (χ0v) is 19.4. The third kappa shape index (κ3) is 5.63. The zero-order chi connectivity index (χ0) is 24.5. The molecule has 1 aliphatic rings. The summed E-state index contributed by atoms with van der Waals surface area (Å²) < 4.78 is 48.4. The van der Waals surface area contributed by atoms with Gasteiger partial charge in [-0.2, -0.15) is 0 Å². The fourth-order valence-electron chi connectivity index (χ4n) is 4.70. The normalized spacial score (nSPS) is 18.0. The monoisotopic (exact) mass is 475 g/mol. The number of alkyl halides is 3. The van der Waals surface area contributed by atoms with Crippen molar-refractivity contribution in [1.29, 1.82) is 0 Å². The van der Waals surface area contributed by atoms with Gasteiger partial charge in [-0.3, -0.25) is 4.79 Å². The lowest BCUT2D eigenvalue weighted by atomic mass is 9.75. The summed E-state index contributed by atoms with van der Waals surface area (Å²) in [5.41, 5.74) is 3.27. The van der Waals surface area contributed by atoms with E-state index < -0.39 is 6.36 Å². The fraction of sp³-hybridized carbons (Fsp3) is 0.440. The number of anilines is 2. The Morgan fingerprint density at radius 1 is 1.21 bits per heavy atom. The molecule has 34 heavy (non-hydrogen) atoms. The molecule has 0 radical (unpaired) electrons. The standard InChI is InChI=1S/C25H28F3N3O3/c1-24(2)12-4-5-18(15-24)31-21-11-6-16(14-22(32)33-3)13-20(21)30-23(31)29-17-7-9-19(10-8-17)34-25(26,27)28/h6-11,13,18H,4-5,12,14-15H2,1-3H3,(H,29,30). The molecule has 1 N–H and O–H groups in total. The first-order valence-corrected chi connectivity index (χ1v) is 11.2. The number of ether oxygens (including phenoxy) is 2. The van der Waals surface area contributed by atoms with Gasteiger partial charge in [-0.15, -0.1) is 13.2 Å². The van der Waals surface area contributed by atoms with E-state index in [4.69, 9.17) is 9.72 Å².